The van der Waals surface area contributed by atoms with E-state index in [2.05, 4.69) is 345 Å². The normalized spacial score (nSPS) is 16.2. The second-order valence-electron chi connectivity index (χ2n) is 29.6. The molecule has 468 valence electrons. The predicted molar refractivity (Wildman–Crippen MR) is 424 cm³/mol. The lowest BCUT2D eigenvalue weighted by Gasteiger charge is -2.41. The lowest BCUT2D eigenvalue weighted by atomic mass is 9.61. The predicted octanol–water partition coefficient (Wildman–Crippen LogP) is 24.4. The van der Waals surface area contributed by atoms with E-state index in [1.165, 1.54) is 219 Å². The Morgan fingerprint density at radius 1 is 0.255 bits per heavy atom. The zero-order valence-electron chi connectivity index (χ0n) is 55.1. The molecule has 0 amide bonds. The lowest BCUT2D eigenvalue weighted by Crippen LogP contribution is -2.35. The van der Waals surface area contributed by atoms with Crippen LogP contribution in [-0.4, -0.2) is 17.6 Å². The Labute approximate surface area is 583 Å². The van der Waals surface area contributed by atoms with Crippen molar-refractivity contribution in [1.29, 1.82) is 0 Å². The van der Waals surface area contributed by atoms with Crippen molar-refractivity contribution in [3.05, 3.63) is 377 Å². The summed E-state index contributed by atoms with van der Waals surface area (Å²) in [5, 5.41) is 19.4. The molecule has 3 aliphatic carbocycles. The van der Waals surface area contributed by atoms with E-state index >= 15 is 0 Å². The van der Waals surface area contributed by atoms with Gasteiger partial charge in [0.15, 0.2) is 0 Å². The number of nitrogens with zero attached hydrogens (tertiary/aromatic N) is 4. The highest BCUT2D eigenvalue weighted by molar-refractivity contribution is 6.39. The molecule has 8 aromatic heterocycles. The first kappa shape index (κ1) is 53.0. The van der Waals surface area contributed by atoms with Gasteiger partial charge < -0.3 is 17.6 Å². The van der Waals surface area contributed by atoms with Crippen molar-refractivity contribution in [2.75, 3.05) is 0 Å². The standard InChI is InChI=1S/C98H56N4/c1-5-23-57(24-6-1)97(58-25-7-2-8-26-58)77-39-17-14-32-62(77)72-52-84-76(51-79(72)97)90-88-70-37-21-35-67-63-33-15-19-41-80(63)99(92(67)70)86(88)54-75-65-45-43-56(50-83(65)101(84)94(75)90)55-44-48-82-73(49-55)68-36-22-38-69-87-85(100(82)93(68)69)53-74-64-34-16-20-42-81(64)102-95(74)89(87)71-47-46-66-61-31-13-18-40-78(61)98(91(66)96(71)102,59-27-9-3-10-28-59)60-29-11-4-12-30-60/h1-54,66,91H. The van der Waals surface area contributed by atoms with Crippen LogP contribution in [0, 0.1) is 0 Å². The smallest absolute Gasteiger partial charge is 0.0713 e. The third kappa shape index (κ3) is 5.91. The van der Waals surface area contributed by atoms with Crippen molar-refractivity contribution in [2.45, 2.75) is 22.7 Å². The van der Waals surface area contributed by atoms with Gasteiger partial charge in [0.1, 0.15) is 0 Å². The van der Waals surface area contributed by atoms with E-state index in [4.69, 9.17) is 0 Å². The third-order valence-electron chi connectivity index (χ3n) is 25.5. The van der Waals surface area contributed by atoms with Crippen LogP contribution in [-0.2, 0) is 10.8 Å². The van der Waals surface area contributed by atoms with Crippen molar-refractivity contribution >= 4 is 148 Å². The van der Waals surface area contributed by atoms with Crippen molar-refractivity contribution in [1.82, 2.24) is 17.6 Å². The molecule has 0 saturated heterocycles. The highest BCUT2D eigenvalue weighted by atomic mass is 15.0. The second-order valence-corrected chi connectivity index (χ2v) is 29.6. The van der Waals surface area contributed by atoms with Gasteiger partial charge in [0.2, 0.25) is 0 Å². The Morgan fingerprint density at radius 2 is 0.745 bits per heavy atom. The lowest BCUT2D eigenvalue weighted by molar-refractivity contribution is 0.477. The van der Waals surface area contributed by atoms with Crippen LogP contribution in [0.5, 0.6) is 0 Å². The monoisotopic (exact) mass is 1290 g/mol. The van der Waals surface area contributed by atoms with E-state index in [9.17, 15) is 0 Å². The summed E-state index contributed by atoms with van der Waals surface area (Å²) in [6, 6.07) is 121. The quantitative estimate of drug-likeness (QED) is 0.163. The molecule has 0 aliphatic heterocycles. The van der Waals surface area contributed by atoms with Crippen LogP contribution in [0.1, 0.15) is 67.6 Å². The van der Waals surface area contributed by atoms with Gasteiger partial charge in [0.05, 0.1) is 71.5 Å². The molecule has 0 bridgehead atoms. The van der Waals surface area contributed by atoms with Crippen LogP contribution in [0.25, 0.3) is 170 Å². The fourth-order valence-electron chi connectivity index (χ4n) is 21.9. The topological polar surface area (TPSA) is 17.6 Å². The minimum absolute atomic E-state index is 0.0658. The van der Waals surface area contributed by atoms with Gasteiger partial charge in [-0.2, -0.15) is 0 Å². The van der Waals surface area contributed by atoms with Crippen molar-refractivity contribution < 1.29 is 0 Å². The molecule has 4 nitrogen and oxygen atoms in total. The van der Waals surface area contributed by atoms with Crippen molar-refractivity contribution in [3.63, 3.8) is 0 Å². The summed E-state index contributed by atoms with van der Waals surface area (Å²) in [6.45, 7) is 0. The minimum Gasteiger partial charge on any atom is -0.311 e. The third-order valence-corrected chi connectivity index (χ3v) is 25.5. The van der Waals surface area contributed by atoms with Crippen LogP contribution >= 0.6 is 0 Å². The summed E-state index contributed by atoms with van der Waals surface area (Å²) < 4.78 is 10.6. The molecule has 0 fully saturated rings. The van der Waals surface area contributed by atoms with E-state index in [-0.39, 0.29) is 11.8 Å². The fourth-order valence-corrected chi connectivity index (χ4v) is 21.9. The summed E-state index contributed by atoms with van der Waals surface area (Å²) in [7, 11) is 0. The average Bonchev–Trinajstić information content (AvgIpc) is 1.50. The van der Waals surface area contributed by atoms with E-state index < -0.39 is 10.8 Å². The molecule has 4 heteroatoms. The Morgan fingerprint density at radius 3 is 1.43 bits per heavy atom. The van der Waals surface area contributed by atoms with E-state index in [1.54, 1.807) is 0 Å². The van der Waals surface area contributed by atoms with Crippen molar-refractivity contribution in [3.8, 4) is 22.3 Å². The van der Waals surface area contributed by atoms with Crippen LogP contribution < -0.4 is 0 Å². The van der Waals surface area contributed by atoms with Gasteiger partial charge in [0.25, 0.3) is 0 Å². The molecule has 3 aliphatic rings. The highest BCUT2D eigenvalue weighted by Crippen LogP contribution is 2.67. The summed E-state index contributed by atoms with van der Waals surface area (Å²) in [5.74, 6) is 0.223. The fraction of sp³-hybridized carbons (Fsp3) is 0.0408. The molecule has 0 spiro atoms. The van der Waals surface area contributed by atoms with E-state index in [0.29, 0.717) is 0 Å². The maximum Gasteiger partial charge on any atom is 0.0713 e. The highest BCUT2D eigenvalue weighted by Gasteiger charge is 2.57. The van der Waals surface area contributed by atoms with Gasteiger partial charge in [0, 0.05) is 104 Å². The molecule has 0 saturated carbocycles. The molecule has 23 aromatic rings. The molecule has 0 radical (unpaired) electrons. The maximum atomic E-state index is 2.72. The number of rotatable bonds is 5. The molecular formula is C98H56N4. The number of benzene rings is 15. The zero-order valence-corrected chi connectivity index (χ0v) is 55.1. The van der Waals surface area contributed by atoms with Gasteiger partial charge in [-0.15, -0.1) is 0 Å². The zero-order chi connectivity index (χ0) is 65.7. The Balaban J connectivity index is 0.727. The summed E-state index contributed by atoms with van der Waals surface area (Å²) in [6.07, 6.45) is 5.09. The number of para-hydroxylation sites is 4. The molecule has 8 heterocycles. The number of fused-ring (bicyclic) bond motifs is 33. The first-order valence-corrected chi connectivity index (χ1v) is 36.1. The molecule has 15 aromatic carbocycles. The summed E-state index contributed by atoms with van der Waals surface area (Å²) >= 11 is 0. The number of allylic oxidation sites excluding steroid dienone is 1. The SMILES string of the molecule is C1=CC2c3ccccc3C(c3ccccc3)(c3ccccc3)C2c2c1c1c3c4cccc5c6cc(-c7ccc8c9cc%10c(c%11cccc%12c%13ccccc%13n%10c%12%11)c%10c%11cc%12c(cc%11n(c8c7)c9%10)-c7ccccc7C%12(c7ccccc7)c7ccccc7)ccc6n(c3cc3c6ccccc6n2c31)c54. The largest absolute Gasteiger partial charge is 0.311 e. The Hall–Kier alpha value is -13.0. The Kier molecular flexibility index (Phi) is 9.49. The first-order chi connectivity index (χ1) is 50.7. The van der Waals surface area contributed by atoms with E-state index in [0.717, 1.165) is 0 Å². The molecule has 0 N–H and O–H groups in total. The van der Waals surface area contributed by atoms with Crippen LogP contribution in [0.15, 0.2) is 322 Å². The first-order valence-electron chi connectivity index (χ1n) is 36.1. The summed E-state index contributed by atoms with van der Waals surface area (Å²) in [5.41, 5.74) is 31.2. The minimum atomic E-state index is -0.552. The number of aromatic nitrogens is 4. The molecule has 26 rings (SSSR count). The van der Waals surface area contributed by atoms with Gasteiger partial charge in [-0.1, -0.05) is 273 Å². The average molecular weight is 1290 g/mol. The van der Waals surface area contributed by atoms with Gasteiger partial charge >= 0.3 is 0 Å². The number of hydrogen-bond acceptors (Lipinski definition) is 0. The van der Waals surface area contributed by atoms with Gasteiger partial charge in [-0.25, -0.2) is 0 Å². The van der Waals surface area contributed by atoms with Crippen LogP contribution in [0.2, 0.25) is 0 Å². The second kappa shape index (κ2) is 18.2. The Bertz CT molecular complexity index is 7590. The van der Waals surface area contributed by atoms with Crippen LogP contribution in [0.3, 0.4) is 0 Å². The summed E-state index contributed by atoms with van der Waals surface area (Å²) in [4.78, 5) is 0. The number of hydrogen-bond donors (Lipinski definition) is 0. The van der Waals surface area contributed by atoms with Crippen LogP contribution in [0.4, 0.5) is 0 Å². The van der Waals surface area contributed by atoms with E-state index in [1.807, 2.05) is 0 Å². The maximum absolute atomic E-state index is 2.72. The van der Waals surface area contributed by atoms with Gasteiger partial charge in [-0.3, -0.25) is 0 Å². The molecule has 2 atom stereocenters. The molecule has 102 heavy (non-hydrogen) atoms. The van der Waals surface area contributed by atoms with Crippen molar-refractivity contribution in [2.24, 2.45) is 0 Å². The molecular weight excluding hydrogens is 1230 g/mol. The molecule has 2 unspecified atom stereocenters. The van der Waals surface area contributed by atoms with Gasteiger partial charge in [-0.05, 0) is 121 Å².